The number of amides is 4. The number of likely N-dealkylation sites (tertiary alicyclic amines) is 1. The van der Waals surface area contributed by atoms with Gasteiger partial charge in [0.15, 0.2) is 5.82 Å². The van der Waals surface area contributed by atoms with Gasteiger partial charge in [0.2, 0.25) is 11.8 Å². The quantitative estimate of drug-likeness (QED) is 0.155. The maximum absolute atomic E-state index is 14.7. The summed E-state index contributed by atoms with van der Waals surface area (Å²) in [6.07, 6.45) is 3.47. The molecule has 3 aliphatic rings. The summed E-state index contributed by atoms with van der Waals surface area (Å²) in [6.45, 7) is 17.5. The molecule has 0 aliphatic carbocycles. The van der Waals surface area contributed by atoms with Crippen LogP contribution in [0.25, 0.3) is 33.5 Å². The lowest BCUT2D eigenvalue weighted by molar-refractivity contribution is -0.155. The molecule has 1 aromatic carbocycles. The van der Waals surface area contributed by atoms with Crippen molar-refractivity contribution in [2.45, 2.75) is 124 Å². The van der Waals surface area contributed by atoms with E-state index in [-0.39, 0.29) is 43.4 Å². The van der Waals surface area contributed by atoms with E-state index >= 15 is 0 Å². The average molecular weight is 979 g/mol. The molecule has 0 spiro atoms. The minimum Gasteiger partial charge on any atom is -0.464 e. The molecular formula is C52H70N10O7S. The highest BCUT2D eigenvalue weighted by molar-refractivity contribution is 7.05. The Morgan fingerprint density at radius 2 is 1.86 bits per heavy atom. The van der Waals surface area contributed by atoms with E-state index in [0.717, 1.165) is 50.5 Å². The van der Waals surface area contributed by atoms with Gasteiger partial charge in [-0.1, -0.05) is 33.6 Å². The molecule has 70 heavy (non-hydrogen) atoms. The van der Waals surface area contributed by atoms with Crippen molar-refractivity contribution in [3.63, 3.8) is 0 Å². The van der Waals surface area contributed by atoms with Gasteiger partial charge in [-0.2, -0.15) is 4.37 Å². The van der Waals surface area contributed by atoms with Crippen LogP contribution in [0.2, 0.25) is 0 Å². The number of nitrogens with zero attached hydrogens (tertiary/aromatic N) is 8. The number of ether oxygens (including phenoxy) is 2. The van der Waals surface area contributed by atoms with Gasteiger partial charge in [0.1, 0.15) is 23.1 Å². The predicted molar refractivity (Wildman–Crippen MR) is 269 cm³/mol. The van der Waals surface area contributed by atoms with Crippen molar-refractivity contribution in [1.82, 2.24) is 49.4 Å². The van der Waals surface area contributed by atoms with Crippen LogP contribution in [0.1, 0.15) is 97.0 Å². The van der Waals surface area contributed by atoms with Gasteiger partial charge >= 0.3 is 5.97 Å². The zero-order valence-corrected chi connectivity index (χ0v) is 43.7. The molecule has 3 aliphatic heterocycles. The third-order valence-electron chi connectivity index (χ3n) is 14.1. The Kier molecular flexibility index (Phi) is 15.9. The Morgan fingerprint density at radius 1 is 1.10 bits per heavy atom. The molecule has 0 saturated carbocycles. The summed E-state index contributed by atoms with van der Waals surface area (Å²) in [7, 11) is 7.06. The fraction of sp³-hybridized carbons (Fsp3) is 0.577. The van der Waals surface area contributed by atoms with Crippen LogP contribution in [0.3, 0.4) is 0 Å². The first-order valence-electron chi connectivity index (χ1n) is 24.4. The van der Waals surface area contributed by atoms with Gasteiger partial charge in [-0.15, -0.1) is 0 Å². The van der Waals surface area contributed by atoms with Crippen molar-refractivity contribution in [2.24, 2.45) is 17.3 Å². The number of benzene rings is 1. The molecule has 0 radical (unpaired) electrons. The topological polar surface area (TPSA) is 184 Å². The van der Waals surface area contributed by atoms with E-state index in [1.165, 1.54) is 9.91 Å². The van der Waals surface area contributed by atoms with E-state index in [1.54, 1.807) is 25.3 Å². The number of likely N-dealkylation sites (N-methyl/N-ethyl adjacent to an activating group) is 1. The average Bonchev–Trinajstić information content (AvgIpc) is 4.09. The zero-order valence-electron chi connectivity index (χ0n) is 42.8. The normalized spacial score (nSPS) is 20.7. The molecule has 2 N–H and O–H groups in total. The summed E-state index contributed by atoms with van der Waals surface area (Å²) in [5.74, 6) is 3.34. The fourth-order valence-electron chi connectivity index (χ4n) is 9.61. The second-order valence-electron chi connectivity index (χ2n) is 20.7. The van der Waals surface area contributed by atoms with Crippen LogP contribution in [0.5, 0.6) is 0 Å². The summed E-state index contributed by atoms with van der Waals surface area (Å²) < 4.78 is 19.0. The number of nitrogens with one attached hydrogen (secondary N) is 2. The number of rotatable bonds is 10. The first-order chi connectivity index (χ1) is 33.1. The van der Waals surface area contributed by atoms with E-state index in [2.05, 4.69) is 66.1 Å². The molecule has 4 aromatic rings. The third kappa shape index (κ3) is 11.1. The largest absolute Gasteiger partial charge is 0.464 e. The van der Waals surface area contributed by atoms with Crippen molar-refractivity contribution < 1.29 is 33.4 Å². The van der Waals surface area contributed by atoms with E-state index in [9.17, 15) is 24.0 Å². The first-order valence-corrected chi connectivity index (χ1v) is 25.2. The molecule has 3 aromatic heterocycles. The Hall–Kier alpha value is -5.74. The molecule has 376 valence electrons. The van der Waals surface area contributed by atoms with Gasteiger partial charge in [0, 0.05) is 80.4 Å². The second kappa shape index (κ2) is 21.3. The summed E-state index contributed by atoms with van der Waals surface area (Å²) in [5.41, 5.74) is 7.74. The van der Waals surface area contributed by atoms with E-state index in [4.69, 9.17) is 23.8 Å². The molecule has 7 rings (SSSR count). The highest BCUT2D eigenvalue weighted by Crippen LogP contribution is 2.42. The molecule has 4 amide bonds. The van der Waals surface area contributed by atoms with Crippen molar-refractivity contribution in [3.8, 4) is 34.5 Å². The Morgan fingerprint density at radius 3 is 2.56 bits per heavy atom. The van der Waals surface area contributed by atoms with Gasteiger partial charge < -0.3 is 29.2 Å². The molecule has 6 heterocycles. The van der Waals surface area contributed by atoms with Crippen LogP contribution in [0.4, 0.5) is 0 Å². The van der Waals surface area contributed by atoms with Crippen LogP contribution >= 0.6 is 11.5 Å². The number of aromatic nitrogens is 4. The summed E-state index contributed by atoms with van der Waals surface area (Å²) in [5, 5.41) is 5.93. The number of carbonyl (C=O) groups excluding carboxylic acids is 5. The number of hydrazine groups is 1. The SMILES string of the molecule is CCn1c(-c2cccnc2[C@H](C)OC)c2c3cc(ccc31)-c1nsc(n1)C[C@H](NC(=O)[C@H](C(C)C)N(C)C(=O)[C@H]1CCN(C(=O)C#CC(C)(C)N(C)C)C1)C(=O)N1CCC[C@H](N1)C(=O)OCC(C)(C)C2. The smallest absolute Gasteiger partial charge is 0.324 e. The summed E-state index contributed by atoms with van der Waals surface area (Å²) in [4.78, 5) is 85.2. The third-order valence-corrected chi connectivity index (χ3v) is 14.8. The molecule has 2 saturated heterocycles. The number of hydrogen-bond donors (Lipinski definition) is 2. The number of carbonyl (C=O) groups is 5. The van der Waals surface area contributed by atoms with Crippen LogP contribution in [-0.4, -0.2) is 146 Å². The summed E-state index contributed by atoms with van der Waals surface area (Å²) in [6, 6.07) is 7.32. The molecule has 2 fully saturated rings. The second-order valence-corrected chi connectivity index (χ2v) is 21.6. The monoisotopic (exact) mass is 979 g/mol. The number of pyridine rings is 1. The van der Waals surface area contributed by atoms with Crippen molar-refractivity contribution in [2.75, 3.05) is 54.5 Å². The Bertz CT molecular complexity index is 2680. The maximum atomic E-state index is 14.7. The van der Waals surface area contributed by atoms with E-state index in [0.29, 0.717) is 56.1 Å². The number of aryl methyl sites for hydroxylation is 1. The highest BCUT2D eigenvalue weighted by atomic mass is 32.1. The number of methoxy groups -OCH3 is 1. The lowest BCUT2D eigenvalue weighted by atomic mass is 9.84. The van der Waals surface area contributed by atoms with Crippen LogP contribution in [0, 0.1) is 29.1 Å². The van der Waals surface area contributed by atoms with Gasteiger partial charge in [0.25, 0.3) is 11.8 Å². The number of fused-ring (bicyclic) bond motifs is 6. The van der Waals surface area contributed by atoms with Crippen molar-refractivity contribution in [1.29, 1.82) is 0 Å². The zero-order chi connectivity index (χ0) is 50.8. The standard InChI is InChI=1S/C52H70N10O7S/c1-13-61-40-19-18-33-26-36(40)37(45(61)35-16-14-23-53-43(35)32(4)68-12)28-51(5,6)30-69-50(67)38-17-15-24-62(56-38)49(66)39(27-41-55-46(33)57-70-41)54-47(64)44(31(2)3)59(11)48(65)34-21-25-60(29-34)42(63)20-22-52(7,8)58(9)10/h14,16,18-19,23,26,31-32,34,38-39,44,56H,13,15,17,21,24-25,27-30H2,1-12H3,(H,54,64)/t32-,34-,38-,39-,44-/m0/s1. The van der Waals surface area contributed by atoms with Gasteiger partial charge in [-0.3, -0.25) is 38.9 Å². The number of hydrogen-bond acceptors (Lipinski definition) is 13. The van der Waals surface area contributed by atoms with Gasteiger partial charge in [0.05, 0.1) is 35.6 Å². The molecule has 0 unspecified atom stereocenters. The lowest BCUT2D eigenvalue weighted by Gasteiger charge is -2.36. The minimum absolute atomic E-state index is 0.00286. The molecular weight excluding hydrogens is 909 g/mol. The van der Waals surface area contributed by atoms with Crippen molar-refractivity contribution in [3.05, 3.63) is 52.8 Å². The molecule has 5 atom stereocenters. The maximum Gasteiger partial charge on any atom is 0.324 e. The van der Waals surface area contributed by atoms with E-state index in [1.807, 2.05) is 65.7 Å². The van der Waals surface area contributed by atoms with Crippen LogP contribution in [-0.2, 0) is 52.8 Å². The van der Waals surface area contributed by atoms with Gasteiger partial charge in [-0.05, 0) is 127 Å². The molecule has 18 heteroatoms. The Labute approximate surface area is 416 Å². The van der Waals surface area contributed by atoms with E-state index < -0.39 is 52.8 Å². The lowest BCUT2D eigenvalue weighted by Crippen LogP contribution is -2.62. The predicted octanol–water partition coefficient (Wildman–Crippen LogP) is 5.27. The number of cyclic esters (lactones) is 1. The van der Waals surface area contributed by atoms with Gasteiger partial charge in [-0.25, -0.2) is 10.4 Å². The molecule has 6 bridgehead atoms. The summed E-state index contributed by atoms with van der Waals surface area (Å²) >= 11 is 1.15. The molecule has 17 nitrogen and oxygen atoms in total. The Balaban J connectivity index is 1.21. The fourth-order valence-corrected chi connectivity index (χ4v) is 10.3. The number of esters is 1. The highest BCUT2D eigenvalue weighted by Gasteiger charge is 2.41. The van der Waals surface area contributed by atoms with Crippen LogP contribution < -0.4 is 10.7 Å². The van der Waals surface area contributed by atoms with Crippen molar-refractivity contribution >= 4 is 52.0 Å². The first kappa shape index (κ1) is 52.1. The minimum atomic E-state index is -1.14. The van der Waals surface area contributed by atoms with Crippen LogP contribution in [0.15, 0.2) is 36.5 Å².